The highest BCUT2D eigenvalue weighted by Gasteiger charge is 2.18. The normalized spacial score (nSPS) is 11.7. The summed E-state index contributed by atoms with van der Waals surface area (Å²) in [5.74, 6) is 0.836. The zero-order valence-electron chi connectivity index (χ0n) is 16.4. The lowest BCUT2D eigenvalue weighted by Gasteiger charge is -2.27. The molecule has 6 heteroatoms. The molecule has 0 aliphatic heterocycles. The lowest BCUT2D eigenvalue weighted by atomic mass is 10.0. The number of hydrogen-bond acceptors (Lipinski definition) is 4. The molecule has 0 aliphatic rings. The molecule has 0 saturated heterocycles. The van der Waals surface area contributed by atoms with Crippen molar-refractivity contribution in [3.05, 3.63) is 64.2 Å². The van der Waals surface area contributed by atoms with E-state index in [-0.39, 0.29) is 11.9 Å². The summed E-state index contributed by atoms with van der Waals surface area (Å²) in [6, 6.07) is 12.7. The van der Waals surface area contributed by atoms with E-state index >= 15 is 0 Å². The van der Waals surface area contributed by atoms with Gasteiger partial charge in [-0.25, -0.2) is 0 Å². The molecule has 1 amide bonds. The predicted molar refractivity (Wildman–Crippen MR) is 111 cm³/mol. The van der Waals surface area contributed by atoms with Gasteiger partial charge in [0.25, 0.3) is 0 Å². The van der Waals surface area contributed by atoms with E-state index in [4.69, 9.17) is 26.3 Å². The third-order valence-corrected chi connectivity index (χ3v) is 4.77. The van der Waals surface area contributed by atoms with Crippen LogP contribution in [0.1, 0.15) is 36.6 Å². The van der Waals surface area contributed by atoms with Crippen LogP contribution in [-0.4, -0.2) is 31.6 Å². The second kappa shape index (κ2) is 9.82. The zero-order valence-corrected chi connectivity index (χ0v) is 17.2. The molecule has 28 heavy (non-hydrogen) atoms. The number of likely N-dealkylation sites (N-methyl/N-ethyl adjacent to an activating group) is 1. The Hall–Kier alpha value is -2.97. The molecule has 5 nitrogen and oxygen atoms in total. The monoisotopic (exact) mass is 398 g/mol. The van der Waals surface area contributed by atoms with Crippen LogP contribution in [0.4, 0.5) is 0 Å². The molecule has 2 rings (SSSR count). The second-order valence-corrected chi connectivity index (χ2v) is 6.51. The fourth-order valence-electron chi connectivity index (χ4n) is 2.93. The van der Waals surface area contributed by atoms with Crippen LogP contribution in [0.25, 0.3) is 6.08 Å². The summed E-state index contributed by atoms with van der Waals surface area (Å²) in [5.41, 5.74) is 2.30. The van der Waals surface area contributed by atoms with Gasteiger partial charge in [-0.05, 0) is 55.3 Å². The molecule has 2 aromatic carbocycles. The van der Waals surface area contributed by atoms with Gasteiger partial charge in [0.2, 0.25) is 5.91 Å². The van der Waals surface area contributed by atoms with Crippen LogP contribution in [0.5, 0.6) is 11.5 Å². The number of carbonyl (C=O) groups excluding carboxylic acids is 1. The average molecular weight is 399 g/mol. The van der Waals surface area contributed by atoms with E-state index in [1.54, 1.807) is 35.2 Å². The minimum atomic E-state index is -0.121. The number of methoxy groups -OCH3 is 2. The smallest absolute Gasteiger partial charge is 0.247 e. The summed E-state index contributed by atoms with van der Waals surface area (Å²) in [5, 5.41) is 9.34. The first-order valence-corrected chi connectivity index (χ1v) is 9.23. The number of hydrogen-bond donors (Lipinski definition) is 0. The maximum Gasteiger partial charge on any atom is 0.247 e. The highest BCUT2D eigenvalue weighted by Crippen LogP contribution is 2.36. The van der Waals surface area contributed by atoms with Crippen molar-refractivity contribution >= 4 is 23.6 Å². The van der Waals surface area contributed by atoms with E-state index in [1.807, 2.05) is 26.0 Å². The molecule has 1 atom stereocenters. The standard InChI is InChI=1S/C22H23ClN2O3/c1-5-25(15(2)18-9-6-16(14-24)7-10-18)21(26)11-8-17-12-19(23)22(28-4)20(13-17)27-3/h6-13,15H,5H2,1-4H3/b11-8+. The molecule has 2 aromatic rings. The molecule has 0 aromatic heterocycles. The molecular weight excluding hydrogens is 376 g/mol. The fraction of sp³-hybridized carbons (Fsp3) is 0.273. The first-order valence-electron chi connectivity index (χ1n) is 8.85. The summed E-state index contributed by atoms with van der Waals surface area (Å²) >= 11 is 6.22. The summed E-state index contributed by atoms with van der Waals surface area (Å²) in [4.78, 5) is 14.5. The number of nitrogens with zero attached hydrogens (tertiary/aromatic N) is 2. The quantitative estimate of drug-likeness (QED) is 0.625. The van der Waals surface area contributed by atoms with E-state index in [0.717, 1.165) is 11.1 Å². The highest BCUT2D eigenvalue weighted by atomic mass is 35.5. The van der Waals surface area contributed by atoms with Crippen LogP contribution in [0.2, 0.25) is 5.02 Å². The van der Waals surface area contributed by atoms with Gasteiger partial charge in [0.15, 0.2) is 11.5 Å². The van der Waals surface area contributed by atoms with E-state index in [9.17, 15) is 4.79 Å². The molecular formula is C22H23ClN2O3. The minimum absolute atomic E-state index is 0.120. The van der Waals surface area contributed by atoms with Crippen molar-refractivity contribution in [2.75, 3.05) is 20.8 Å². The van der Waals surface area contributed by atoms with Crippen molar-refractivity contribution in [2.45, 2.75) is 19.9 Å². The molecule has 0 bridgehead atoms. The van der Waals surface area contributed by atoms with E-state index in [2.05, 4.69) is 6.07 Å². The second-order valence-electron chi connectivity index (χ2n) is 6.11. The molecule has 0 fully saturated rings. The summed E-state index contributed by atoms with van der Waals surface area (Å²) in [6.07, 6.45) is 3.21. The number of carbonyl (C=O) groups is 1. The van der Waals surface area contributed by atoms with Crippen LogP contribution < -0.4 is 9.47 Å². The van der Waals surface area contributed by atoms with Gasteiger partial charge in [-0.3, -0.25) is 4.79 Å². The van der Waals surface area contributed by atoms with Crippen LogP contribution in [0, 0.1) is 11.3 Å². The Morgan fingerprint density at radius 1 is 1.25 bits per heavy atom. The number of rotatable bonds is 7. The Morgan fingerprint density at radius 2 is 1.93 bits per heavy atom. The lowest BCUT2D eigenvalue weighted by Crippen LogP contribution is -2.32. The van der Waals surface area contributed by atoms with Gasteiger partial charge in [0.1, 0.15) is 0 Å². The molecule has 0 aliphatic carbocycles. The third kappa shape index (κ3) is 4.85. The maximum absolute atomic E-state index is 12.7. The van der Waals surface area contributed by atoms with E-state index in [0.29, 0.717) is 28.6 Å². The molecule has 0 heterocycles. The van der Waals surface area contributed by atoms with Crippen molar-refractivity contribution in [3.63, 3.8) is 0 Å². The average Bonchev–Trinajstić information content (AvgIpc) is 2.72. The molecule has 146 valence electrons. The molecule has 0 saturated carbocycles. The number of nitriles is 1. The third-order valence-electron chi connectivity index (χ3n) is 4.49. The molecule has 0 N–H and O–H groups in total. The Bertz CT molecular complexity index is 901. The minimum Gasteiger partial charge on any atom is -0.493 e. The van der Waals surface area contributed by atoms with E-state index < -0.39 is 0 Å². The Balaban J connectivity index is 2.21. The lowest BCUT2D eigenvalue weighted by molar-refractivity contribution is -0.127. The summed E-state index contributed by atoms with van der Waals surface area (Å²) < 4.78 is 10.5. The fourth-order valence-corrected chi connectivity index (χ4v) is 3.23. The van der Waals surface area contributed by atoms with Crippen LogP contribution in [0.15, 0.2) is 42.5 Å². The van der Waals surface area contributed by atoms with Gasteiger partial charge in [-0.2, -0.15) is 5.26 Å². The molecule has 1 unspecified atom stereocenters. The van der Waals surface area contributed by atoms with Crippen molar-refractivity contribution < 1.29 is 14.3 Å². The first kappa shape index (κ1) is 21.3. The molecule has 0 radical (unpaired) electrons. The first-order chi connectivity index (χ1) is 13.4. The van der Waals surface area contributed by atoms with Crippen molar-refractivity contribution in [2.24, 2.45) is 0 Å². The topological polar surface area (TPSA) is 62.6 Å². The van der Waals surface area contributed by atoms with Crippen LogP contribution in [0.3, 0.4) is 0 Å². The van der Waals surface area contributed by atoms with Gasteiger partial charge >= 0.3 is 0 Å². The van der Waals surface area contributed by atoms with Crippen LogP contribution in [-0.2, 0) is 4.79 Å². The number of halogens is 1. The SMILES string of the molecule is CCN(C(=O)/C=C/c1cc(Cl)c(OC)c(OC)c1)C(C)c1ccc(C#N)cc1. The Morgan fingerprint density at radius 3 is 2.46 bits per heavy atom. The number of ether oxygens (including phenoxy) is 2. The van der Waals surface area contributed by atoms with Crippen LogP contribution >= 0.6 is 11.6 Å². The van der Waals surface area contributed by atoms with Crippen molar-refractivity contribution in [3.8, 4) is 17.6 Å². The van der Waals surface area contributed by atoms with Crippen molar-refractivity contribution in [1.29, 1.82) is 5.26 Å². The highest BCUT2D eigenvalue weighted by molar-refractivity contribution is 6.32. The number of amides is 1. The number of benzene rings is 2. The van der Waals surface area contributed by atoms with Gasteiger partial charge in [-0.1, -0.05) is 23.7 Å². The van der Waals surface area contributed by atoms with Gasteiger partial charge in [0, 0.05) is 12.6 Å². The van der Waals surface area contributed by atoms with Gasteiger partial charge < -0.3 is 14.4 Å². The van der Waals surface area contributed by atoms with E-state index in [1.165, 1.54) is 20.3 Å². The maximum atomic E-state index is 12.7. The van der Waals surface area contributed by atoms with Gasteiger partial charge in [-0.15, -0.1) is 0 Å². The Labute approximate surface area is 170 Å². The summed E-state index contributed by atoms with van der Waals surface area (Å²) in [6.45, 7) is 4.44. The van der Waals surface area contributed by atoms with Crippen molar-refractivity contribution in [1.82, 2.24) is 4.90 Å². The predicted octanol–water partition coefficient (Wildman–Crippen LogP) is 4.85. The van der Waals surface area contributed by atoms with Gasteiger partial charge in [0.05, 0.1) is 36.9 Å². The Kier molecular flexibility index (Phi) is 7.48. The largest absolute Gasteiger partial charge is 0.493 e. The molecule has 0 spiro atoms. The summed E-state index contributed by atoms with van der Waals surface area (Å²) in [7, 11) is 3.05. The zero-order chi connectivity index (χ0) is 20.7.